The third-order valence-corrected chi connectivity index (χ3v) is 4.79. The fraction of sp³-hybridized carbons (Fsp3) is 0.476. The average Bonchev–Trinajstić information content (AvgIpc) is 3.21. The summed E-state index contributed by atoms with van der Waals surface area (Å²) in [6, 6.07) is 6.56. The molecule has 1 amide bonds. The van der Waals surface area contributed by atoms with E-state index >= 15 is 0 Å². The molecule has 2 aromatic rings. The Balaban J connectivity index is 1.67. The summed E-state index contributed by atoms with van der Waals surface area (Å²) in [5, 5.41) is 3.87. The number of likely N-dealkylation sites (tertiary alicyclic amines) is 1. The van der Waals surface area contributed by atoms with Gasteiger partial charge in [0.05, 0.1) is 13.7 Å². The topological polar surface area (TPSA) is 91.1 Å². The molecule has 156 valence electrons. The van der Waals surface area contributed by atoms with Gasteiger partial charge in [0.2, 0.25) is 0 Å². The Morgan fingerprint density at radius 2 is 2.07 bits per heavy atom. The van der Waals surface area contributed by atoms with Crippen LogP contribution in [0.4, 0.5) is 0 Å². The second kappa shape index (κ2) is 9.45. The van der Waals surface area contributed by atoms with Crippen molar-refractivity contribution in [3.05, 3.63) is 41.3 Å². The van der Waals surface area contributed by atoms with Crippen molar-refractivity contribution in [3.63, 3.8) is 0 Å². The first kappa shape index (κ1) is 20.7. The molecule has 1 aliphatic rings. The predicted octanol–water partition coefficient (Wildman–Crippen LogP) is 3.13. The predicted molar refractivity (Wildman–Crippen MR) is 104 cm³/mol. The van der Waals surface area contributed by atoms with Gasteiger partial charge in [-0.15, -0.1) is 0 Å². The van der Waals surface area contributed by atoms with Crippen molar-refractivity contribution in [2.75, 3.05) is 20.3 Å². The van der Waals surface area contributed by atoms with Crippen molar-refractivity contribution < 1.29 is 28.3 Å². The highest BCUT2D eigenvalue weighted by molar-refractivity contribution is 5.95. The summed E-state index contributed by atoms with van der Waals surface area (Å²) in [7, 11) is 1.57. The van der Waals surface area contributed by atoms with Gasteiger partial charge >= 0.3 is 5.97 Å². The maximum absolute atomic E-state index is 12.9. The smallest absolute Gasteiger partial charge is 0.328 e. The maximum atomic E-state index is 12.9. The molecule has 1 saturated heterocycles. The molecule has 0 saturated carbocycles. The normalized spacial score (nSPS) is 16.4. The van der Waals surface area contributed by atoms with E-state index in [1.165, 1.54) is 4.90 Å². The zero-order chi connectivity index (χ0) is 20.8. The largest absolute Gasteiger partial charge is 0.493 e. The highest BCUT2D eigenvalue weighted by Gasteiger charge is 2.34. The van der Waals surface area contributed by atoms with Gasteiger partial charge in [0, 0.05) is 12.6 Å². The summed E-state index contributed by atoms with van der Waals surface area (Å²) in [6.07, 6.45) is 2.30. The molecule has 1 fully saturated rings. The number of ether oxygens (including phenoxy) is 3. The molecule has 0 N–H and O–H groups in total. The summed E-state index contributed by atoms with van der Waals surface area (Å²) in [6.45, 7) is 4.58. The fourth-order valence-corrected chi connectivity index (χ4v) is 3.33. The molecule has 29 heavy (non-hydrogen) atoms. The first-order valence-electron chi connectivity index (χ1n) is 9.74. The zero-order valence-corrected chi connectivity index (χ0v) is 17.0. The van der Waals surface area contributed by atoms with Gasteiger partial charge in [-0.25, -0.2) is 4.79 Å². The van der Waals surface area contributed by atoms with Crippen LogP contribution in [-0.2, 0) is 16.1 Å². The monoisotopic (exact) mass is 402 g/mol. The molecule has 1 aliphatic heterocycles. The van der Waals surface area contributed by atoms with Crippen molar-refractivity contribution in [1.82, 2.24) is 10.1 Å². The first-order chi connectivity index (χ1) is 14.0. The van der Waals surface area contributed by atoms with E-state index in [1.54, 1.807) is 20.1 Å². The number of carbonyl (C=O) groups is 2. The Labute approximate surface area is 169 Å². The molecule has 0 bridgehead atoms. The van der Waals surface area contributed by atoms with E-state index in [9.17, 15) is 9.59 Å². The van der Waals surface area contributed by atoms with Crippen LogP contribution in [0.15, 0.2) is 28.8 Å². The van der Waals surface area contributed by atoms with Crippen molar-refractivity contribution in [3.8, 4) is 11.5 Å². The number of nitrogens with zero attached hydrogens (tertiary/aromatic N) is 2. The van der Waals surface area contributed by atoms with E-state index in [1.807, 2.05) is 25.1 Å². The molecule has 8 nitrogen and oxygen atoms in total. The van der Waals surface area contributed by atoms with Crippen LogP contribution in [-0.4, -0.2) is 48.2 Å². The fourth-order valence-electron chi connectivity index (χ4n) is 3.33. The number of hydrogen-bond donors (Lipinski definition) is 0. The number of piperidine rings is 1. The van der Waals surface area contributed by atoms with E-state index in [0.717, 1.165) is 18.4 Å². The minimum atomic E-state index is -0.579. The molecule has 1 aromatic heterocycles. The average molecular weight is 402 g/mol. The molecule has 1 atom stereocenters. The molecule has 8 heteroatoms. The van der Waals surface area contributed by atoms with Crippen molar-refractivity contribution in [2.45, 2.75) is 45.8 Å². The Hall–Kier alpha value is -3.03. The van der Waals surface area contributed by atoms with Gasteiger partial charge in [-0.2, -0.15) is 0 Å². The summed E-state index contributed by atoms with van der Waals surface area (Å²) in [5.41, 5.74) is 1.20. The van der Waals surface area contributed by atoms with Gasteiger partial charge in [-0.05, 0) is 50.8 Å². The van der Waals surface area contributed by atoms with Crippen LogP contribution in [0.5, 0.6) is 11.5 Å². The van der Waals surface area contributed by atoms with Crippen molar-refractivity contribution in [2.24, 2.45) is 0 Å². The molecular formula is C21H26N2O6. The van der Waals surface area contributed by atoms with Gasteiger partial charge in [-0.1, -0.05) is 11.2 Å². The van der Waals surface area contributed by atoms with Gasteiger partial charge < -0.3 is 23.6 Å². The number of hydrogen-bond acceptors (Lipinski definition) is 7. The van der Waals surface area contributed by atoms with Crippen LogP contribution in [0.1, 0.15) is 48.0 Å². The number of carbonyl (C=O) groups excluding carboxylic acids is 2. The number of benzene rings is 1. The van der Waals surface area contributed by atoms with Gasteiger partial charge in [0.1, 0.15) is 12.6 Å². The molecule has 0 radical (unpaired) electrons. The SMILES string of the molecule is CCOC(=O)[C@@H]1CCCCN1C(=O)c1cc(COc2ccc(C)cc2OC)on1. The van der Waals surface area contributed by atoms with Crippen molar-refractivity contribution in [1.29, 1.82) is 0 Å². The second-order valence-corrected chi connectivity index (χ2v) is 6.88. The lowest BCUT2D eigenvalue weighted by Gasteiger charge is -2.33. The second-order valence-electron chi connectivity index (χ2n) is 6.88. The summed E-state index contributed by atoms with van der Waals surface area (Å²) < 4.78 is 21.4. The lowest BCUT2D eigenvalue weighted by atomic mass is 10.0. The molecule has 0 aliphatic carbocycles. The molecule has 0 spiro atoms. The number of rotatable bonds is 7. The Kier molecular flexibility index (Phi) is 6.74. The Morgan fingerprint density at radius 3 is 2.83 bits per heavy atom. The first-order valence-corrected chi connectivity index (χ1v) is 9.74. The molecular weight excluding hydrogens is 376 g/mol. The van der Waals surface area contributed by atoms with E-state index < -0.39 is 6.04 Å². The third kappa shape index (κ3) is 4.88. The van der Waals surface area contributed by atoms with Gasteiger partial charge in [0.25, 0.3) is 5.91 Å². The van der Waals surface area contributed by atoms with Crippen molar-refractivity contribution >= 4 is 11.9 Å². The minimum Gasteiger partial charge on any atom is -0.493 e. The number of amides is 1. The third-order valence-electron chi connectivity index (χ3n) is 4.79. The van der Waals surface area contributed by atoms with Gasteiger partial charge in [-0.3, -0.25) is 4.79 Å². The van der Waals surface area contributed by atoms with E-state index in [0.29, 0.717) is 30.2 Å². The molecule has 3 rings (SSSR count). The summed E-state index contributed by atoms with van der Waals surface area (Å²) in [4.78, 5) is 26.6. The number of aromatic nitrogens is 1. The standard InChI is InChI=1S/C21H26N2O6/c1-4-27-21(25)17-7-5-6-10-23(17)20(24)16-12-15(29-22-16)13-28-18-9-8-14(2)11-19(18)26-3/h8-9,11-12,17H,4-7,10,13H2,1-3H3/t17-/m0/s1. The van der Waals surface area contributed by atoms with E-state index in [-0.39, 0.29) is 30.8 Å². The van der Waals surface area contributed by atoms with Crippen LogP contribution >= 0.6 is 0 Å². The van der Waals surface area contributed by atoms with Crippen LogP contribution < -0.4 is 9.47 Å². The van der Waals surface area contributed by atoms with E-state index in [4.69, 9.17) is 18.7 Å². The molecule has 2 heterocycles. The zero-order valence-electron chi connectivity index (χ0n) is 17.0. The summed E-state index contributed by atoms with van der Waals surface area (Å²) >= 11 is 0. The van der Waals surface area contributed by atoms with Crippen LogP contribution in [0.2, 0.25) is 0 Å². The number of methoxy groups -OCH3 is 1. The minimum absolute atomic E-state index is 0.0982. The van der Waals surface area contributed by atoms with E-state index in [2.05, 4.69) is 5.16 Å². The number of aryl methyl sites for hydroxylation is 1. The highest BCUT2D eigenvalue weighted by atomic mass is 16.5. The van der Waals surface area contributed by atoms with Crippen LogP contribution in [0.3, 0.4) is 0 Å². The summed E-state index contributed by atoms with van der Waals surface area (Å²) in [5.74, 6) is 0.873. The quantitative estimate of drug-likeness (QED) is 0.657. The van der Waals surface area contributed by atoms with Crippen LogP contribution in [0.25, 0.3) is 0 Å². The van der Waals surface area contributed by atoms with Crippen LogP contribution in [0, 0.1) is 6.92 Å². The number of esters is 1. The molecule has 0 unspecified atom stereocenters. The maximum Gasteiger partial charge on any atom is 0.328 e. The highest BCUT2D eigenvalue weighted by Crippen LogP contribution is 2.28. The lowest BCUT2D eigenvalue weighted by molar-refractivity contribution is -0.149. The Morgan fingerprint density at radius 1 is 1.24 bits per heavy atom. The van der Waals surface area contributed by atoms with Gasteiger partial charge in [0.15, 0.2) is 23.0 Å². The Bertz CT molecular complexity index is 863. The molecule has 1 aromatic carbocycles. The lowest BCUT2D eigenvalue weighted by Crippen LogP contribution is -2.48.